The van der Waals surface area contributed by atoms with Gasteiger partial charge in [-0.2, -0.15) is 5.10 Å². The molecule has 1 aromatic carbocycles. The summed E-state index contributed by atoms with van der Waals surface area (Å²) in [4.78, 5) is 29.1. The highest BCUT2D eigenvalue weighted by atomic mass is 16.2. The molecule has 32 heavy (non-hydrogen) atoms. The molecule has 2 aromatic heterocycles. The van der Waals surface area contributed by atoms with Crippen LogP contribution in [0, 0.1) is 26.7 Å². The zero-order chi connectivity index (χ0) is 23.0. The first kappa shape index (κ1) is 22.4. The summed E-state index contributed by atoms with van der Waals surface area (Å²) >= 11 is 0. The van der Waals surface area contributed by atoms with Crippen molar-refractivity contribution in [3.8, 4) is 0 Å². The van der Waals surface area contributed by atoms with Crippen molar-refractivity contribution in [1.82, 2.24) is 24.6 Å². The van der Waals surface area contributed by atoms with Crippen LogP contribution < -0.4 is 11.0 Å². The SMILES string of the molecule is Cc1[nH]c2c(C)ccc(C)c2c1CC(=O)NC1CCc2nn(CCC(C)C)c(=O)n2CC1. The lowest BCUT2D eigenvalue weighted by molar-refractivity contribution is -0.121. The molecule has 2 N–H and O–H groups in total. The number of nitrogens with one attached hydrogen (secondary N) is 2. The van der Waals surface area contributed by atoms with E-state index in [2.05, 4.69) is 55.2 Å². The van der Waals surface area contributed by atoms with E-state index in [4.69, 9.17) is 0 Å². The van der Waals surface area contributed by atoms with Crippen molar-refractivity contribution in [2.75, 3.05) is 0 Å². The monoisotopic (exact) mass is 437 g/mol. The molecule has 4 rings (SSSR count). The van der Waals surface area contributed by atoms with E-state index in [1.54, 1.807) is 9.25 Å². The fourth-order valence-electron chi connectivity index (χ4n) is 4.77. The van der Waals surface area contributed by atoms with E-state index in [9.17, 15) is 9.59 Å². The smallest absolute Gasteiger partial charge is 0.345 e. The Hall–Kier alpha value is -2.83. The second-order valence-electron chi connectivity index (χ2n) is 9.70. The molecule has 0 aliphatic carbocycles. The minimum Gasteiger partial charge on any atom is -0.358 e. The molecular weight excluding hydrogens is 402 g/mol. The minimum atomic E-state index is -0.0205. The van der Waals surface area contributed by atoms with E-state index < -0.39 is 0 Å². The predicted molar refractivity (Wildman–Crippen MR) is 127 cm³/mol. The van der Waals surface area contributed by atoms with Crippen LogP contribution in [0.1, 0.15) is 61.3 Å². The van der Waals surface area contributed by atoms with Crippen molar-refractivity contribution >= 4 is 16.8 Å². The van der Waals surface area contributed by atoms with E-state index in [0.717, 1.165) is 41.9 Å². The number of H-pyrrole nitrogens is 1. The van der Waals surface area contributed by atoms with Gasteiger partial charge in [-0.25, -0.2) is 9.48 Å². The molecule has 0 spiro atoms. The maximum absolute atomic E-state index is 13.0. The number of aromatic amines is 1. The highest BCUT2D eigenvalue weighted by Crippen LogP contribution is 2.28. The summed E-state index contributed by atoms with van der Waals surface area (Å²) in [6.45, 7) is 11.8. The zero-order valence-corrected chi connectivity index (χ0v) is 19.9. The Balaban J connectivity index is 1.42. The molecule has 3 heterocycles. The maximum Gasteiger partial charge on any atom is 0.345 e. The van der Waals surface area contributed by atoms with Gasteiger partial charge in [0.1, 0.15) is 5.82 Å². The molecule has 1 aliphatic rings. The fraction of sp³-hybridized carbons (Fsp3) is 0.560. The lowest BCUT2D eigenvalue weighted by atomic mass is 10.0. The Bertz CT molecular complexity index is 1200. The Morgan fingerprint density at radius 2 is 1.97 bits per heavy atom. The van der Waals surface area contributed by atoms with Crippen molar-refractivity contribution in [3.05, 3.63) is 50.8 Å². The summed E-state index contributed by atoms with van der Waals surface area (Å²) in [6, 6.07) is 4.29. The van der Waals surface area contributed by atoms with Gasteiger partial charge in [-0.1, -0.05) is 26.0 Å². The van der Waals surface area contributed by atoms with Crippen LogP contribution in [-0.4, -0.2) is 31.3 Å². The molecule has 0 radical (unpaired) electrons. The Morgan fingerprint density at radius 1 is 1.22 bits per heavy atom. The van der Waals surface area contributed by atoms with Gasteiger partial charge in [-0.15, -0.1) is 0 Å². The number of fused-ring (bicyclic) bond motifs is 2. The summed E-state index contributed by atoms with van der Waals surface area (Å²) in [5.41, 5.74) is 5.61. The van der Waals surface area contributed by atoms with Crippen LogP contribution in [0.25, 0.3) is 10.9 Å². The number of aromatic nitrogens is 4. The van der Waals surface area contributed by atoms with Crippen molar-refractivity contribution < 1.29 is 4.79 Å². The molecule has 0 fully saturated rings. The molecule has 0 saturated heterocycles. The second kappa shape index (κ2) is 8.96. The third kappa shape index (κ3) is 4.38. The third-order valence-corrected chi connectivity index (χ3v) is 6.73. The number of hydrogen-bond acceptors (Lipinski definition) is 3. The lowest BCUT2D eigenvalue weighted by Gasteiger charge is -2.16. The third-order valence-electron chi connectivity index (χ3n) is 6.73. The van der Waals surface area contributed by atoms with E-state index in [1.165, 1.54) is 16.5 Å². The first-order chi connectivity index (χ1) is 15.2. The van der Waals surface area contributed by atoms with Crippen LogP contribution in [0.2, 0.25) is 0 Å². The number of aryl methyl sites for hydroxylation is 5. The first-order valence-corrected chi connectivity index (χ1v) is 11.8. The molecule has 1 atom stereocenters. The predicted octanol–water partition coefficient (Wildman–Crippen LogP) is 3.56. The summed E-state index contributed by atoms with van der Waals surface area (Å²) < 4.78 is 3.40. The van der Waals surface area contributed by atoms with Crippen LogP contribution in [0.4, 0.5) is 0 Å². The maximum atomic E-state index is 13.0. The zero-order valence-electron chi connectivity index (χ0n) is 19.9. The molecule has 1 aliphatic heterocycles. The normalized spacial score (nSPS) is 16.4. The van der Waals surface area contributed by atoms with Crippen molar-refractivity contribution in [2.45, 2.75) is 85.9 Å². The largest absolute Gasteiger partial charge is 0.358 e. The number of nitrogens with zero attached hydrogens (tertiary/aromatic N) is 3. The van der Waals surface area contributed by atoms with Crippen LogP contribution in [-0.2, 0) is 30.7 Å². The molecular formula is C25H35N5O2. The van der Waals surface area contributed by atoms with E-state index >= 15 is 0 Å². The van der Waals surface area contributed by atoms with Crippen LogP contribution in [0.15, 0.2) is 16.9 Å². The van der Waals surface area contributed by atoms with Crippen LogP contribution >= 0.6 is 0 Å². The lowest BCUT2D eigenvalue weighted by Crippen LogP contribution is -2.36. The molecule has 7 nitrogen and oxygen atoms in total. The number of amides is 1. The van der Waals surface area contributed by atoms with Crippen molar-refractivity contribution in [2.24, 2.45) is 5.92 Å². The molecule has 7 heteroatoms. The minimum absolute atomic E-state index is 0.0205. The first-order valence-electron chi connectivity index (χ1n) is 11.8. The number of rotatable bonds is 6. The van der Waals surface area contributed by atoms with Gasteiger partial charge in [0.25, 0.3) is 0 Å². The van der Waals surface area contributed by atoms with Gasteiger partial charge in [0.15, 0.2) is 0 Å². The average molecular weight is 438 g/mol. The number of hydrogen-bond donors (Lipinski definition) is 2. The Kier molecular flexibility index (Phi) is 6.26. The Labute approximate surface area is 189 Å². The standard InChI is InChI=1S/C25H35N5O2/c1-15(2)10-13-30-25(32)29-12-11-19(8-9-21(29)28-30)27-22(31)14-20-18(5)26-24-17(4)7-6-16(3)23(20)24/h6-7,15,19,26H,8-14H2,1-5H3,(H,27,31). The molecule has 0 bridgehead atoms. The average Bonchev–Trinajstić information content (AvgIpc) is 3.14. The summed E-state index contributed by atoms with van der Waals surface area (Å²) in [7, 11) is 0. The number of carbonyl (C=O) groups excluding carboxylic acids is 1. The van der Waals surface area contributed by atoms with Gasteiger partial charge in [0.2, 0.25) is 5.91 Å². The molecule has 3 aromatic rings. The van der Waals surface area contributed by atoms with Crippen molar-refractivity contribution in [1.29, 1.82) is 0 Å². The van der Waals surface area contributed by atoms with Crippen LogP contribution in [0.5, 0.6) is 0 Å². The van der Waals surface area contributed by atoms with Gasteiger partial charge in [-0.3, -0.25) is 9.36 Å². The highest BCUT2D eigenvalue weighted by Gasteiger charge is 2.23. The Morgan fingerprint density at radius 3 is 2.72 bits per heavy atom. The topological polar surface area (TPSA) is 84.7 Å². The van der Waals surface area contributed by atoms with Gasteiger partial charge in [0.05, 0.1) is 6.42 Å². The van der Waals surface area contributed by atoms with Gasteiger partial charge < -0.3 is 10.3 Å². The summed E-state index contributed by atoms with van der Waals surface area (Å²) in [5, 5.41) is 8.96. The van der Waals surface area contributed by atoms with Crippen LogP contribution in [0.3, 0.4) is 0 Å². The summed E-state index contributed by atoms with van der Waals surface area (Å²) in [6.07, 6.45) is 3.57. The van der Waals surface area contributed by atoms with Gasteiger partial charge in [-0.05, 0) is 62.6 Å². The highest BCUT2D eigenvalue weighted by molar-refractivity contribution is 5.93. The number of carbonyl (C=O) groups is 1. The quantitative estimate of drug-likeness (QED) is 0.618. The molecule has 0 saturated carbocycles. The van der Waals surface area contributed by atoms with E-state index in [0.29, 0.717) is 31.8 Å². The van der Waals surface area contributed by atoms with Crippen molar-refractivity contribution in [3.63, 3.8) is 0 Å². The van der Waals surface area contributed by atoms with Gasteiger partial charge >= 0.3 is 5.69 Å². The molecule has 172 valence electrons. The molecule has 1 amide bonds. The van der Waals surface area contributed by atoms with Gasteiger partial charge in [0, 0.05) is 42.1 Å². The fourth-order valence-corrected chi connectivity index (χ4v) is 4.77. The second-order valence-corrected chi connectivity index (χ2v) is 9.70. The number of benzene rings is 1. The van der Waals surface area contributed by atoms with E-state index in [-0.39, 0.29) is 17.6 Å². The molecule has 1 unspecified atom stereocenters. The summed E-state index contributed by atoms with van der Waals surface area (Å²) in [5.74, 6) is 1.42. The van der Waals surface area contributed by atoms with E-state index in [1.807, 2.05) is 6.92 Å².